The topological polar surface area (TPSA) is 42.0 Å². The molecule has 134 valence electrons. The zero-order chi connectivity index (χ0) is 17.8. The molecule has 4 aliphatic carbocycles. The van der Waals surface area contributed by atoms with Crippen molar-refractivity contribution in [1.29, 1.82) is 0 Å². The summed E-state index contributed by atoms with van der Waals surface area (Å²) < 4.78 is 0. The Morgan fingerprint density at radius 1 is 1.04 bits per heavy atom. The van der Waals surface area contributed by atoms with Crippen LogP contribution in [-0.2, 0) is 16.8 Å². The highest BCUT2D eigenvalue weighted by Crippen LogP contribution is 2.69. The summed E-state index contributed by atoms with van der Waals surface area (Å²) >= 11 is 6.10. The Morgan fingerprint density at radius 3 is 2.35 bits per heavy atom. The Kier molecular flexibility index (Phi) is 3.65. The van der Waals surface area contributed by atoms with Crippen molar-refractivity contribution in [1.82, 2.24) is 10.3 Å². The lowest BCUT2D eigenvalue weighted by Gasteiger charge is -2.45. The second kappa shape index (κ2) is 5.82. The standard InChI is InChI=1S/C22H23ClN2O/c23-19-3-1-18(2-4-19)21-9-16-11-22(14-21,12-17(16)10-21)20(26)25-13-15-5-7-24-8-6-15/h1-8,16-17H,9-14H2,(H,25,26). The summed E-state index contributed by atoms with van der Waals surface area (Å²) in [4.78, 5) is 17.2. The van der Waals surface area contributed by atoms with Gasteiger partial charge in [-0.1, -0.05) is 23.7 Å². The summed E-state index contributed by atoms with van der Waals surface area (Å²) in [6.45, 7) is 0.590. The third-order valence-corrected chi connectivity index (χ3v) is 7.35. The highest BCUT2D eigenvalue weighted by Gasteiger charge is 2.65. The number of benzene rings is 1. The number of hydrogen-bond acceptors (Lipinski definition) is 2. The fourth-order valence-corrected chi connectivity index (χ4v) is 6.32. The molecule has 2 atom stereocenters. The van der Waals surface area contributed by atoms with E-state index in [4.69, 9.17) is 11.6 Å². The summed E-state index contributed by atoms with van der Waals surface area (Å²) in [7, 11) is 0. The maximum atomic E-state index is 13.2. The van der Waals surface area contributed by atoms with E-state index in [0.29, 0.717) is 18.4 Å². The fraction of sp³-hybridized carbons (Fsp3) is 0.455. The van der Waals surface area contributed by atoms with Crippen LogP contribution < -0.4 is 5.32 Å². The van der Waals surface area contributed by atoms with Gasteiger partial charge < -0.3 is 5.32 Å². The maximum absolute atomic E-state index is 13.2. The monoisotopic (exact) mass is 366 g/mol. The lowest BCUT2D eigenvalue weighted by Crippen LogP contribution is -2.47. The number of nitrogens with one attached hydrogen (secondary N) is 1. The number of hydrogen-bond donors (Lipinski definition) is 1. The summed E-state index contributed by atoms with van der Waals surface area (Å²) in [6, 6.07) is 12.3. The van der Waals surface area contributed by atoms with E-state index < -0.39 is 0 Å². The van der Waals surface area contributed by atoms with Crippen LogP contribution in [0.25, 0.3) is 0 Å². The first kappa shape index (κ1) is 16.3. The van der Waals surface area contributed by atoms with Crippen molar-refractivity contribution in [2.45, 2.75) is 44.1 Å². The van der Waals surface area contributed by atoms with E-state index >= 15 is 0 Å². The summed E-state index contributed by atoms with van der Waals surface area (Å²) in [6.07, 6.45) is 9.13. The first-order chi connectivity index (χ1) is 12.6. The van der Waals surface area contributed by atoms with Gasteiger partial charge in [0.15, 0.2) is 0 Å². The molecule has 3 nitrogen and oxygen atoms in total. The van der Waals surface area contributed by atoms with E-state index in [-0.39, 0.29) is 16.7 Å². The van der Waals surface area contributed by atoms with Crippen molar-refractivity contribution in [3.63, 3.8) is 0 Å². The van der Waals surface area contributed by atoms with E-state index in [1.807, 2.05) is 24.3 Å². The average molecular weight is 367 g/mol. The number of rotatable bonds is 4. The van der Waals surface area contributed by atoms with Gasteiger partial charge >= 0.3 is 0 Å². The predicted molar refractivity (Wildman–Crippen MR) is 102 cm³/mol. The van der Waals surface area contributed by atoms with Crippen molar-refractivity contribution in [3.05, 3.63) is 64.9 Å². The molecule has 2 unspecified atom stereocenters. The maximum Gasteiger partial charge on any atom is 0.226 e. The van der Waals surface area contributed by atoms with Crippen molar-refractivity contribution in [2.75, 3.05) is 0 Å². The number of aromatic nitrogens is 1. The van der Waals surface area contributed by atoms with Gasteiger partial charge in [0.25, 0.3) is 0 Å². The molecule has 1 N–H and O–H groups in total. The quantitative estimate of drug-likeness (QED) is 0.865. The van der Waals surface area contributed by atoms with Gasteiger partial charge in [-0.25, -0.2) is 0 Å². The van der Waals surface area contributed by atoms with Crippen LogP contribution in [0.3, 0.4) is 0 Å². The molecule has 4 bridgehead atoms. The fourth-order valence-electron chi connectivity index (χ4n) is 6.20. The first-order valence-corrected chi connectivity index (χ1v) is 9.90. The van der Waals surface area contributed by atoms with E-state index in [9.17, 15) is 4.79 Å². The molecule has 0 aliphatic heterocycles. The molecule has 1 aromatic carbocycles. The van der Waals surface area contributed by atoms with Gasteiger partial charge in [0.1, 0.15) is 0 Å². The van der Waals surface area contributed by atoms with Crippen LogP contribution in [0, 0.1) is 17.3 Å². The average Bonchev–Trinajstić information content (AvgIpc) is 3.07. The third kappa shape index (κ3) is 2.48. The van der Waals surface area contributed by atoms with Crippen molar-refractivity contribution in [3.8, 4) is 0 Å². The van der Waals surface area contributed by atoms with E-state index in [2.05, 4.69) is 22.4 Å². The normalized spacial score (nSPS) is 34.2. The molecular weight excluding hydrogens is 344 g/mol. The smallest absolute Gasteiger partial charge is 0.226 e. The van der Waals surface area contributed by atoms with Crippen molar-refractivity contribution < 1.29 is 4.79 Å². The summed E-state index contributed by atoms with van der Waals surface area (Å²) in [5.74, 6) is 1.65. The van der Waals surface area contributed by atoms with Crippen LogP contribution in [-0.4, -0.2) is 10.9 Å². The molecule has 0 saturated heterocycles. The van der Waals surface area contributed by atoms with Gasteiger partial charge in [0.05, 0.1) is 5.41 Å². The number of carbonyl (C=O) groups is 1. The number of carbonyl (C=O) groups excluding carboxylic acids is 1. The summed E-state index contributed by atoms with van der Waals surface area (Å²) in [5, 5.41) is 4.00. The molecular formula is C22H23ClN2O. The zero-order valence-corrected chi connectivity index (χ0v) is 15.5. The minimum absolute atomic E-state index is 0.171. The number of nitrogens with zero attached hydrogens (tertiary/aromatic N) is 1. The number of pyridine rings is 1. The van der Waals surface area contributed by atoms with Crippen molar-refractivity contribution >= 4 is 17.5 Å². The van der Waals surface area contributed by atoms with Gasteiger partial charge in [0.2, 0.25) is 5.91 Å². The lowest BCUT2D eigenvalue weighted by molar-refractivity contribution is -0.134. The molecule has 2 aromatic rings. The zero-order valence-electron chi connectivity index (χ0n) is 14.7. The molecule has 1 aromatic heterocycles. The minimum Gasteiger partial charge on any atom is -0.352 e. The van der Waals surface area contributed by atoms with Crippen LogP contribution in [0.4, 0.5) is 0 Å². The Bertz CT molecular complexity index is 819. The Morgan fingerprint density at radius 2 is 1.69 bits per heavy atom. The van der Waals surface area contributed by atoms with Gasteiger partial charge in [0, 0.05) is 24.0 Å². The third-order valence-electron chi connectivity index (χ3n) is 7.10. The van der Waals surface area contributed by atoms with Crippen LogP contribution in [0.5, 0.6) is 0 Å². The Labute approximate surface area is 159 Å². The molecule has 6 rings (SSSR count). The van der Waals surface area contributed by atoms with Crippen LogP contribution >= 0.6 is 11.6 Å². The highest BCUT2D eigenvalue weighted by atomic mass is 35.5. The van der Waals surface area contributed by atoms with Gasteiger partial charge in [-0.05, 0) is 84.7 Å². The molecule has 4 heteroatoms. The van der Waals surface area contributed by atoms with Crippen LogP contribution in [0.1, 0.15) is 43.2 Å². The van der Waals surface area contributed by atoms with Crippen LogP contribution in [0.2, 0.25) is 5.02 Å². The highest BCUT2D eigenvalue weighted by molar-refractivity contribution is 6.30. The Hall–Kier alpha value is -1.87. The number of amides is 1. The molecule has 0 radical (unpaired) electrons. The molecule has 1 heterocycles. The first-order valence-electron chi connectivity index (χ1n) is 9.52. The molecule has 1 amide bonds. The van der Waals surface area contributed by atoms with Crippen molar-refractivity contribution in [2.24, 2.45) is 17.3 Å². The second-order valence-corrected chi connectivity index (χ2v) is 9.06. The molecule has 26 heavy (non-hydrogen) atoms. The van der Waals surface area contributed by atoms with Gasteiger partial charge in [-0.3, -0.25) is 9.78 Å². The molecule has 4 fully saturated rings. The predicted octanol–water partition coefficient (Wildman–Crippen LogP) is 4.50. The Balaban J connectivity index is 1.38. The molecule has 4 aliphatic rings. The second-order valence-electron chi connectivity index (χ2n) is 8.62. The number of halogens is 1. The molecule has 0 spiro atoms. The van der Waals surface area contributed by atoms with Crippen LogP contribution in [0.15, 0.2) is 48.8 Å². The lowest BCUT2D eigenvalue weighted by atomic mass is 9.58. The van der Waals surface area contributed by atoms with E-state index in [0.717, 1.165) is 29.8 Å². The molecule has 4 saturated carbocycles. The largest absolute Gasteiger partial charge is 0.352 e. The minimum atomic E-state index is -0.182. The van der Waals surface area contributed by atoms with E-state index in [1.165, 1.54) is 18.4 Å². The summed E-state index contributed by atoms with van der Waals surface area (Å²) in [5.41, 5.74) is 2.47. The van der Waals surface area contributed by atoms with E-state index in [1.54, 1.807) is 12.4 Å². The SMILES string of the molecule is O=C(NCc1ccncc1)C12CC3CC(c4ccc(Cl)cc4)(CC3C1)C2. The van der Waals surface area contributed by atoms with Gasteiger partial charge in [-0.2, -0.15) is 0 Å². The van der Waals surface area contributed by atoms with Gasteiger partial charge in [-0.15, -0.1) is 0 Å².